The summed E-state index contributed by atoms with van der Waals surface area (Å²) in [5.74, 6) is 1.35. The van der Waals surface area contributed by atoms with Gasteiger partial charge >= 0.3 is 5.97 Å². The van der Waals surface area contributed by atoms with Crippen molar-refractivity contribution < 1.29 is 9.53 Å². The predicted molar refractivity (Wildman–Crippen MR) is 75.6 cm³/mol. The van der Waals surface area contributed by atoms with Crippen molar-refractivity contribution in [2.75, 3.05) is 19.1 Å². The van der Waals surface area contributed by atoms with Gasteiger partial charge in [-0.2, -0.15) is 0 Å². The van der Waals surface area contributed by atoms with Crippen LogP contribution in [0.4, 0.5) is 5.69 Å². The first-order valence-corrected chi connectivity index (χ1v) is 6.28. The molecule has 0 aliphatic carbocycles. The van der Waals surface area contributed by atoms with E-state index in [1.54, 1.807) is 6.07 Å². The molecule has 0 atom stereocenters. The minimum absolute atomic E-state index is 0.346. The summed E-state index contributed by atoms with van der Waals surface area (Å²) in [4.78, 5) is 13.7. The topological polar surface area (TPSA) is 60.2 Å². The Balaban J connectivity index is 2.27. The number of ether oxygens (including phenoxy) is 1. The zero-order chi connectivity index (χ0) is 14.7. The monoisotopic (exact) mass is 274 g/mol. The van der Waals surface area contributed by atoms with Crippen LogP contribution in [0.2, 0.25) is 0 Å². The number of aromatic nitrogens is 3. The van der Waals surface area contributed by atoms with Gasteiger partial charge in [-0.05, 0) is 19.1 Å². The highest BCUT2D eigenvalue weighted by atomic mass is 16.5. The van der Waals surface area contributed by atoms with Gasteiger partial charge in [-0.25, -0.2) is 4.79 Å². The third-order valence-corrected chi connectivity index (χ3v) is 3.28. The van der Waals surface area contributed by atoms with Crippen molar-refractivity contribution in [2.45, 2.75) is 13.5 Å². The van der Waals surface area contributed by atoms with E-state index in [0.717, 1.165) is 17.3 Å². The van der Waals surface area contributed by atoms with Crippen molar-refractivity contribution in [3.63, 3.8) is 0 Å². The number of benzene rings is 1. The molecule has 20 heavy (non-hydrogen) atoms. The summed E-state index contributed by atoms with van der Waals surface area (Å²) in [5, 5.41) is 8.16. The Morgan fingerprint density at radius 3 is 2.65 bits per heavy atom. The summed E-state index contributed by atoms with van der Waals surface area (Å²) >= 11 is 0. The maximum Gasteiger partial charge on any atom is 0.339 e. The van der Waals surface area contributed by atoms with Crippen molar-refractivity contribution >= 4 is 11.7 Å². The molecule has 1 aromatic carbocycles. The molecule has 0 aliphatic heterocycles. The average molecular weight is 274 g/mol. The number of carbonyl (C=O) groups excluding carboxylic acids is 1. The minimum Gasteiger partial charge on any atom is -0.465 e. The molecule has 6 nitrogen and oxygen atoms in total. The lowest BCUT2D eigenvalue weighted by Crippen LogP contribution is -2.21. The fraction of sp³-hybridized carbons (Fsp3) is 0.357. The molecule has 0 amide bonds. The lowest BCUT2D eigenvalue weighted by atomic mass is 10.1. The van der Waals surface area contributed by atoms with Crippen molar-refractivity contribution in [1.29, 1.82) is 0 Å². The molecule has 1 aromatic heterocycles. The zero-order valence-electron chi connectivity index (χ0n) is 12.1. The van der Waals surface area contributed by atoms with Gasteiger partial charge in [-0.1, -0.05) is 12.1 Å². The normalized spacial score (nSPS) is 10.4. The molecule has 0 saturated carbocycles. The second-order valence-electron chi connectivity index (χ2n) is 4.59. The van der Waals surface area contributed by atoms with Crippen LogP contribution >= 0.6 is 0 Å². The molecule has 0 spiro atoms. The van der Waals surface area contributed by atoms with Crippen LogP contribution in [-0.2, 0) is 18.3 Å². The van der Waals surface area contributed by atoms with Crippen molar-refractivity contribution in [1.82, 2.24) is 14.8 Å². The molecule has 0 radical (unpaired) electrons. The molecule has 0 saturated heterocycles. The van der Waals surface area contributed by atoms with Gasteiger partial charge < -0.3 is 14.2 Å². The number of para-hydroxylation sites is 1. The smallest absolute Gasteiger partial charge is 0.339 e. The number of methoxy groups -OCH3 is 1. The standard InChI is InChI=1S/C14H18N4O2/c1-10-15-16-13(18(10)3)9-17(2)12-8-6-5-7-11(12)14(19)20-4/h5-8H,9H2,1-4H3. The Morgan fingerprint density at radius 2 is 2.05 bits per heavy atom. The molecule has 1 heterocycles. The van der Waals surface area contributed by atoms with Gasteiger partial charge in [0, 0.05) is 14.1 Å². The fourth-order valence-corrected chi connectivity index (χ4v) is 1.98. The van der Waals surface area contributed by atoms with E-state index in [1.165, 1.54) is 7.11 Å². The quantitative estimate of drug-likeness (QED) is 0.792. The van der Waals surface area contributed by atoms with Crippen LogP contribution < -0.4 is 4.90 Å². The Kier molecular flexibility index (Phi) is 4.02. The van der Waals surface area contributed by atoms with Gasteiger partial charge in [0.2, 0.25) is 0 Å². The minimum atomic E-state index is -0.346. The van der Waals surface area contributed by atoms with E-state index in [0.29, 0.717) is 12.1 Å². The van der Waals surface area contributed by atoms with E-state index < -0.39 is 0 Å². The van der Waals surface area contributed by atoms with Gasteiger partial charge in [-0.3, -0.25) is 0 Å². The van der Waals surface area contributed by atoms with E-state index in [4.69, 9.17) is 4.74 Å². The highest BCUT2D eigenvalue weighted by Gasteiger charge is 2.16. The van der Waals surface area contributed by atoms with E-state index in [9.17, 15) is 4.79 Å². The predicted octanol–water partition coefficient (Wildman–Crippen LogP) is 1.55. The third kappa shape index (κ3) is 2.64. The number of hydrogen-bond donors (Lipinski definition) is 0. The number of aryl methyl sites for hydroxylation is 1. The molecule has 6 heteroatoms. The molecule has 0 aliphatic rings. The van der Waals surface area contributed by atoms with Crippen LogP contribution in [0, 0.1) is 6.92 Å². The summed E-state index contributed by atoms with van der Waals surface area (Å²) in [7, 11) is 5.21. The summed E-state index contributed by atoms with van der Waals surface area (Å²) in [6, 6.07) is 7.34. The number of esters is 1. The molecule has 0 N–H and O–H groups in total. The maximum absolute atomic E-state index is 11.8. The van der Waals surface area contributed by atoms with Crippen LogP contribution in [0.3, 0.4) is 0 Å². The Hall–Kier alpha value is -2.37. The lowest BCUT2D eigenvalue weighted by molar-refractivity contribution is 0.0601. The molecule has 2 rings (SSSR count). The van der Waals surface area contributed by atoms with Crippen LogP contribution in [0.15, 0.2) is 24.3 Å². The summed E-state index contributed by atoms with van der Waals surface area (Å²) in [6.45, 7) is 2.46. The SMILES string of the molecule is COC(=O)c1ccccc1N(C)Cc1nnc(C)n1C. The van der Waals surface area contributed by atoms with Crippen LogP contribution in [-0.4, -0.2) is 34.9 Å². The number of rotatable bonds is 4. The van der Waals surface area contributed by atoms with Crippen LogP contribution in [0.5, 0.6) is 0 Å². The fourth-order valence-electron chi connectivity index (χ4n) is 1.98. The maximum atomic E-state index is 11.8. The number of nitrogens with zero attached hydrogens (tertiary/aromatic N) is 4. The molecule has 0 unspecified atom stereocenters. The first kappa shape index (κ1) is 14.0. The molecule has 0 fully saturated rings. The van der Waals surface area contributed by atoms with Gasteiger partial charge in [0.15, 0.2) is 5.82 Å². The molecule has 106 valence electrons. The zero-order valence-corrected chi connectivity index (χ0v) is 12.1. The Morgan fingerprint density at radius 1 is 1.35 bits per heavy atom. The van der Waals surface area contributed by atoms with Crippen LogP contribution in [0.1, 0.15) is 22.0 Å². The first-order valence-electron chi connectivity index (χ1n) is 6.28. The van der Waals surface area contributed by atoms with Crippen molar-refractivity contribution in [3.8, 4) is 0 Å². The summed E-state index contributed by atoms with van der Waals surface area (Å²) in [5.41, 5.74) is 1.34. The highest BCUT2D eigenvalue weighted by molar-refractivity contribution is 5.95. The molecular formula is C14H18N4O2. The molecule has 0 bridgehead atoms. The lowest BCUT2D eigenvalue weighted by Gasteiger charge is -2.21. The van der Waals surface area contributed by atoms with E-state index >= 15 is 0 Å². The summed E-state index contributed by atoms with van der Waals surface area (Å²) < 4.78 is 6.73. The van der Waals surface area contributed by atoms with E-state index in [2.05, 4.69) is 10.2 Å². The Bertz CT molecular complexity index is 621. The number of hydrogen-bond acceptors (Lipinski definition) is 5. The summed E-state index contributed by atoms with van der Waals surface area (Å²) in [6.07, 6.45) is 0. The first-order chi connectivity index (χ1) is 9.54. The average Bonchev–Trinajstić information content (AvgIpc) is 2.78. The Labute approximate surface area is 118 Å². The van der Waals surface area contributed by atoms with Gasteiger partial charge in [0.05, 0.1) is 24.9 Å². The van der Waals surface area contributed by atoms with Gasteiger partial charge in [-0.15, -0.1) is 10.2 Å². The highest BCUT2D eigenvalue weighted by Crippen LogP contribution is 2.21. The number of carbonyl (C=O) groups is 1. The van der Waals surface area contributed by atoms with Crippen molar-refractivity contribution in [2.24, 2.45) is 7.05 Å². The van der Waals surface area contributed by atoms with Gasteiger partial charge in [0.1, 0.15) is 5.82 Å². The number of anilines is 1. The molecular weight excluding hydrogens is 256 g/mol. The largest absolute Gasteiger partial charge is 0.465 e. The second-order valence-corrected chi connectivity index (χ2v) is 4.59. The van der Waals surface area contributed by atoms with E-state index in [1.807, 2.05) is 48.7 Å². The van der Waals surface area contributed by atoms with Crippen LogP contribution in [0.25, 0.3) is 0 Å². The van der Waals surface area contributed by atoms with E-state index in [-0.39, 0.29) is 5.97 Å². The third-order valence-electron chi connectivity index (χ3n) is 3.28. The second kappa shape index (κ2) is 5.73. The van der Waals surface area contributed by atoms with Gasteiger partial charge in [0.25, 0.3) is 0 Å². The molecule has 2 aromatic rings. The van der Waals surface area contributed by atoms with Crippen molar-refractivity contribution in [3.05, 3.63) is 41.5 Å².